The lowest BCUT2D eigenvalue weighted by molar-refractivity contribution is -0.138. The summed E-state index contributed by atoms with van der Waals surface area (Å²) in [5, 5.41) is 2.76. The molecule has 7 nitrogen and oxygen atoms in total. The number of para-hydroxylation sites is 1. The summed E-state index contributed by atoms with van der Waals surface area (Å²) in [7, 11) is -4.02. The third-order valence-electron chi connectivity index (χ3n) is 5.66. The van der Waals surface area contributed by atoms with E-state index in [1.165, 1.54) is 17.0 Å². The molecule has 35 heavy (non-hydrogen) atoms. The van der Waals surface area contributed by atoms with E-state index >= 15 is 0 Å². The summed E-state index contributed by atoms with van der Waals surface area (Å²) in [5.74, 6) is -0.742. The van der Waals surface area contributed by atoms with Gasteiger partial charge in [0.25, 0.3) is 10.0 Å². The second-order valence-electron chi connectivity index (χ2n) is 8.05. The standard InChI is InChI=1S/C27H31N3O4S/c1-3-28-27(32)22(2)29(20-19-23-13-7-4-8-14-23)26(31)21-30(24-15-9-5-10-16-24)35(33,34)25-17-11-6-12-18-25/h4-18,22H,3,19-21H2,1-2H3,(H,28,32)/t22-/m1/s1. The molecule has 0 aliphatic heterocycles. The molecule has 0 spiro atoms. The zero-order chi connectivity index (χ0) is 25.3. The highest BCUT2D eigenvalue weighted by atomic mass is 32.2. The minimum Gasteiger partial charge on any atom is -0.355 e. The first-order valence-electron chi connectivity index (χ1n) is 11.6. The van der Waals surface area contributed by atoms with Crippen LogP contribution in [0.1, 0.15) is 19.4 Å². The Hall–Kier alpha value is -3.65. The van der Waals surface area contributed by atoms with E-state index in [-0.39, 0.29) is 17.3 Å². The highest BCUT2D eigenvalue weighted by molar-refractivity contribution is 7.92. The van der Waals surface area contributed by atoms with Crippen molar-refractivity contribution in [1.29, 1.82) is 0 Å². The van der Waals surface area contributed by atoms with Crippen molar-refractivity contribution >= 4 is 27.5 Å². The first-order chi connectivity index (χ1) is 16.8. The minimum atomic E-state index is -4.02. The SMILES string of the molecule is CCNC(=O)[C@@H](C)N(CCc1ccccc1)C(=O)CN(c1ccccc1)S(=O)(=O)c1ccccc1. The number of likely N-dealkylation sites (N-methyl/N-ethyl adjacent to an activating group) is 1. The van der Waals surface area contributed by atoms with E-state index in [4.69, 9.17) is 0 Å². The maximum Gasteiger partial charge on any atom is 0.264 e. The Bertz CT molecular complexity index is 1200. The first-order valence-corrected chi connectivity index (χ1v) is 13.0. The summed E-state index contributed by atoms with van der Waals surface area (Å²) in [6, 6.07) is 25.4. The number of rotatable bonds is 11. The van der Waals surface area contributed by atoms with Crippen molar-refractivity contribution in [2.24, 2.45) is 0 Å². The molecule has 0 bridgehead atoms. The van der Waals surface area contributed by atoms with Crippen LogP contribution in [0.5, 0.6) is 0 Å². The molecular weight excluding hydrogens is 462 g/mol. The summed E-state index contributed by atoms with van der Waals surface area (Å²) >= 11 is 0. The van der Waals surface area contributed by atoms with Crippen LogP contribution in [0.3, 0.4) is 0 Å². The predicted molar refractivity (Wildman–Crippen MR) is 137 cm³/mol. The summed E-state index contributed by atoms with van der Waals surface area (Å²) in [4.78, 5) is 27.8. The van der Waals surface area contributed by atoms with Gasteiger partial charge in [-0.25, -0.2) is 8.42 Å². The molecule has 0 radical (unpaired) electrons. The van der Waals surface area contributed by atoms with Crippen LogP contribution in [-0.4, -0.2) is 50.8 Å². The highest BCUT2D eigenvalue weighted by Gasteiger charge is 2.32. The van der Waals surface area contributed by atoms with Gasteiger partial charge in [-0.3, -0.25) is 13.9 Å². The van der Waals surface area contributed by atoms with Crippen molar-refractivity contribution < 1.29 is 18.0 Å². The third-order valence-corrected chi connectivity index (χ3v) is 7.44. The zero-order valence-electron chi connectivity index (χ0n) is 20.0. The molecule has 3 aromatic carbocycles. The topological polar surface area (TPSA) is 86.8 Å². The van der Waals surface area contributed by atoms with E-state index in [2.05, 4.69) is 5.32 Å². The number of hydrogen-bond acceptors (Lipinski definition) is 4. The Kier molecular flexibility index (Phi) is 9.03. The molecule has 0 fully saturated rings. The van der Waals surface area contributed by atoms with Gasteiger partial charge in [0.1, 0.15) is 12.6 Å². The number of sulfonamides is 1. The number of nitrogens with one attached hydrogen (secondary N) is 1. The van der Waals surface area contributed by atoms with Gasteiger partial charge in [-0.2, -0.15) is 0 Å². The number of benzene rings is 3. The molecule has 1 atom stereocenters. The van der Waals surface area contributed by atoms with Gasteiger partial charge in [-0.1, -0.05) is 66.7 Å². The van der Waals surface area contributed by atoms with Crippen LogP contribution >= 0.6 is 0 Å². The molecule has 2 amide bonds. The largest absolute Gasteiger partial charge is 0.355 e. The molecule has 0 aromatic heterocycles. The monoisotopic (exact) mass is 493 g/mol. The molecule has 3 rings (SSSR count). The molecule has 3 aromatic rings. The normalized spacial score (nSPS) is 11.9. The second-order valence-corrected chi connectivity index (χ2v) is 9.92. The minimum absolute atomic E-state index is 0.0873. The average molecular weight is 494 g/mol. The van der Waals surface area contributed by atoms with Crippen LogP contribution in [0, 0.1) is 0 Å². The number of nitrogens with zero attached hydrogens (tertiary/aromatic N) is 2. The Labute approximate surface area is 207 Å². The van der Waals surface area contributed by atoms with E-state index in [1.807, 2.05) is 37.3 Å². The van der Waals surface area contributed by atoms with Gasteiger partial charge in [0.2, 0.25) is 11.8 Å². The van der Waals surface area contributed by atoms with Crippen LogP contribution in [0.4, 0.5) is 5.69 Å². The molecule has 0 saturated carbocycles. The van der Waals surface area contributed by atoms with Crippen LogP contribution in [0.15, 0.2) is 95.9 Å². The number of carbonyl (C=O) groups excluding carboxylic acids is 2. The maximum absolute atomic E-state index is 13.6. The number of anilines is 1. The number of hydrogen-bond donors (Lipinski definition) is 1. The van der Waals surface area contributed by atoms with Gasteiger partial charge in [0, 0.05) is 13.1 Å². The molecular formula is C27H31N3O4S. The third kappa shape index (κ3) is 6.70. The lowest BCUT2D eigenvalue weighted by atomic mass is 10.1. The lowest BCUT2D eigenvalue weighted by Gasteiger charge is -2.32. The molecule has 1 N–H and O–H groups in total. The smallest absolute Gasteiger partial charge is 0.264 e. The van der Waals surface area contributed by atoms with Crippen LogP contribution < -0.4 is 9.62 Å². The van der Waals surface area contributed by atoms with Crippen molar-refractivity contribution in [1.82, 2.24) is 10.2 Å². The van der Waals surface area contributed by atoms with Crippen LogP contribution in [-0.2, 0) is 26.0 Å². The van der Waals surface area contributed by atoms with Crippen LogP contribution in [0.25, 0.3) is 0 Å². The summed E-state index contributed by atoms with van der Waals surface area (Å²) < 4.78 is 28.2. The van der Waals surface area contributed by atoms with Crippen molar-refractivity contribution in [3.05, 3.63) is 96.6 Å². The van der Waals surface area contributed by atoms with Crippen molar-refractivity contribution in [2.75, 3.05) is 23.9 Å². The zero-order valence-corrected chi connectivity index (χ0v) is 20.8. The number of amides is 2. The summed E-state index contributed by atoms with van der Waals surface area (Å²) in [5.41, 5.74) is 1.39. The lowest BCUT2D eigenvalue weighted by Crippen LogP contribution is -2.52. The summed E-state index contributed by atoms with van der Waals surface area (Å²) in [6.45, 7) is 3.74. The van der Waals surface area contributed by atoms with Gasteiger partial charge >= 0.3 is 0 Å². The predicted octanol–water partition coefficient (Wildman–Crippen LogP) is 3.48. The molecule has 0 saturated heterocycles. The fourth-order valence-electron chi connectivity index (χ4n) is 3.73. The van der Waals surface area contributed by atoms with Crippen LogP contribution in [0.2, 0.25) is 0 Å². The molecule has 0 unspecified atom stereocenters. The Morgan fingerprint density at radius 3 is 1.97 bits per heavy atom. The van der Waals surface area contributed by atoms with E-state index in [1.54, 1.807) is 55.5 Å². The van der Waals surface area contributed by atoms with Crippen molar-refractivity contribution in [3.8, 4) is 0 Å². The number of carbonyl (C=O) groups is 2. The highest BCUT2D eigenvalue weighted by Crippen LogP contribution is 2.24. The van der Waals surface area contributed by atoms with E-state index < -0.39 is 28.5 Å². The average Bonchev–Trinajstić information content (AvgIpc) is 2.89. The Morgan fingerprint density at radius 2 is 1.40 bits per heavy atom. The second kappa shape index (κ2) is 12.2. The first kappa shape index (κ1) is 26.0. The molecule has 8 heteroatoms. The molecule has 0 heterocycles. The molecule has 0 aliphatic carbocycles. The maximum atomic E-state index is 13.6. The van der Waals surface area contributed by atoms with Gasteiger partial charge in [0.15, 0.2) is 0 Å². The Morgan fingerprint density at radius 1 is 0.857 bits per heavy atom. The van der Waals surface area contributed by atoms with Crippen molar-refractivity contribution in [3.63, 3.8) is 0 Å². The summed E-state index contributed by atoms with van der Waals surface area (Å²) in [6.07, 6.45) is 0.535. The molecule has 184 valence electrons. The Balaban J connectivity index is 1.93. The van der Waals surface area contributed by atoms with E-state index in [9.17, 15) is 18.0 Å². The van der Waals surface area contributed by atoms with E-state index in [0.717, 1.165) is 9.87 Å². The van der Waals surface area contributed by atoms with Gasteiger partial charge < -0.3 is 10.2 Å². The van der Waals surface area contributed by atoms with Gasteiger partial charge in [-0.15, -0.1) is 0 Å². The van der Waals surface area contributed by atoms with Gasteiger partial charge in [-0.05, 0) is 50.1 Å². The molecule has 0 aliphatic rings. The van der Waals surface area contributed by atoms with Crippen molar-refractivity contribution in [2.45, 2.75) is 31.2 Å². The van der Waals surface area contributed by atoms with Gasteiger partial charge in [0.05, 0.1) is 10.6 Å². The fourth-order valence-corrected chi connectivity index (χ4v) is 5.17. The van der Waals surface area contributed by atoms with E-state index in [0.29, 0.717) is 18.7 Å². The quantitative estimate of drug-likeness (QED) is 0.443. The fraction of sp³-hybridized carbons (Fsp3) is 0.259.